The van der Waals surface area contributed by atoms with E-state index < -0.39 is 10.0 Å². The summed E-state index contributed by atoms with van der Waals surface area (Å²) in [5, 5.41) is 25.2. The minimum atomic E-state index is -3.55. The van der Waals surface area contributed by atoms with Crippen LogP contribution in [0.15, 0.2) is 35.4 Å². The molecule has 0 unspecified atom stereocenters. The number of aromatic nitrogens is 4. The molecule has 2 N–H and O–H groups in total. The van der Waals surface area contributed by atoms with Gasteiger partial charge < -0.3 is 10.2 Å². The molecule has 1 saturated heterocycles. The van der Waals surface area contributed by atoms with E-state index in [0.717, 1.165) is 0 Å². The molecular formula is C15H18N8O2S. The van der Waals surface area contributed by atoms with Crippen LogP contribution in [0, 0.1) is 11.3 Å². The molecule has 0 aliphatic carbocycles. The van der Waals surface area contributed by atoms with Gasteiger partial charge in [-0.2, -0.15) is 14.8 Å². The maximum Gasteiger partial charge on any atom is 0.243 e. The van der Waals surface area contributed by atoms with E-state index in [1.807, 2.05) is 13.1 Å². The number of piperazine rings is 1. The third-order valence-electron chi connectivity index (χ3n) is 4.02. The number of aromatic amines is 1. The lowest BCUT2D eigenvalue weighted by Gasteiger charge is -2.31. The normalized spacial score (nSPS) is 17.0. The van der Waals surface area contributed by atoms with Gasteiger partial charge in [-0.25, -0.2) is 8.42 Å². The molecule has 1 fully saturated rings. The van der Waals surface area contributed by atoms with Crippen molar-refractivity contribution in [3.8, 4) is 6.07 Å². The minimum Gasteiger partial charge on any atom is -0.360 e. The molecule has 2 heterocycles. The van der Waals surface area contributed by atoms with Crippen LogP contribution in [0.1, 0.15) is 5.82 Å². The molecular weight excluding hydrogens is 356 g/mol. The van der Waals surface area contributed by atoms with E-state index in [-0.39, 0.29) is 16.3 Å². The monoisotopic (exact) mass is 374 g/mol. The lowest BCUT2D eigenvalue weighted by Crippen LogP contribution is -2.47. The molecule has 26 heavy (non-hydrogen) atoms. The van der Waals surface area contributed by atoms with Crippen LogP contribution in [0.25, 0.3) is 5.57 Å². The average molecular weight is 374 g/mol. The molecule has 0 bridgehead atoms. The lowest BCUT2D eigenvalue weighted by atomic mass is 10.3. The Labute approximate surface area is 151 Å². The lowest BCUT2D eigenvalue weighted by molar-refractivity contribution is 0.222. The van der Waals surface area contributed by atoms with Crippen molar-refractivity contribution >= 4 is 21.3 Å². The molecule has 0 amide bonds. The number of sulfonamides is 1. The van der Waals surface area contributed by atoms with Gasteiger partial charge in [0.1, 0.15) is 11.6 Å². The Morgan fingerprint density at radius 2 is 2.12 bits per heavy atom. The van der Waals surface area contributed by atoms with Gasteiger partial charge in [0.25, 0.3) is 0 Å². The van der Waals surface area contributed by atoms with Crippen LogP contribution in [-0.4, -0.2) is 71.5 Å². The highest BCUT2D eigenvalue weighted by Gasteiger charge is 2.27. The van der Waals surface area contributed by atoms with E-state index in [0.29, 0.717) is 31.9 Å². The highest BCUT2D eigenvalue weighted by atomic mass is 32.2. The molecule has 0 spiro atoms. The summed E-state index contributed by atoms with van der Waals surface area (Å²) in [6.07, 6.45) is 1.41. The fraction of sp³-hybridized carbons (Fsp3) is 0.333. The van der Waals surface area contributed by atoms with Gasteiger partial charge in [0.2, 0.25) is 15.8 Å². The van der Waals surface area contributed by atoms with E-state index in [1.165, 1.54) is 16.6 Å². The number of H-pyrrole nitrogens is 1. The Bertz CT molecular complexity index is 925. The largest absolute Gasteiger partial charge is 0.360 e. The average Bonchev–Trinajstić information content (AvgIpc) is 3.17. The van der Waals surface area contributed by atoms with Gasteiger partial charge in [0.15, 0.2) is 0 Å². The topological polar surface area (TPSA) is 131 Å². The Morgan fingerprint density at radius 1 is 1.35 bits per heavy atom. The number of rotatable bonds is 5. The fourth-order valence-corrected chi connectivity index (χ4v) is 3.97. The van der Waals surface area contributed by atoms with E-state index in [1.54, 1.807) is 18.2 Å². The first-order valence-corrected chi connectivity index (χ1v) is 9.34. The zero-order valence-electron chi connectivity index (χ0n) is 14.1. The molecule has 10 nitrogen and oxygen atoms in total. The Kier molecular flexibility index (Phi) is 5.27. The molecule has 0 atom stereocenters. The van der Waals surface area contributed by atoms with Crippen LogP contribution in [0.3, 0.4) is 0 Å². The van der Waals surface area contributed by atoms with Crippen molar-refractivity contribution in [2.24, 2.45) is 0 Å². The van der Waals surface area contributed by atoms with Crippen molar-refractivity contribution in [3.05, 3.63) is 36.3 Å². The quantitative estimate of drug-likeness (QED) is 0.705. The number of hydrogen-bond acceptors (Lipinski definition) is 8. The van der Waals surface area contributed by atoms with Crippen LogP contribution < -0.4 is 5.32 Å². The van der Waals surface area contributed by atoms with Crippen LogP contribution >= 0.6 is 0 Å². The molecule has 1 aromatic heterocycles. The second-order valence-corrected chi connectivity index (χ2v) is 7.72. The third kappa shape index (κ3) is 3.88. The van der Waals surface area contributed by atoms with E-state index >= 15 is 0 Å². The second kappa shape index (κ2) is 7.61. The maximum absolute atomic E-state index is 12.8. The smallest absolute Gasteiger partial charge is 0.243 e. The van der Waals surface area contributed by atoms with Crippen molar-refractivity contribution in [2.75, 3.05) is 38.5 Å². The highest BCUT2D eigenvalue weighted by Crippen LogP contribution is 2.21. The van der Waals surface area contributed by atoms with Gasteiger partial charge in [0.05, 0.1) is 4.90 Å². The zero-order valence-corrected chi connectivity index (χ0v) is 14.9. The summed E-state index contributed by atoms with van der Waals surface area (Å²) >= 11 is 0. The van der Waals surface area contributed by atoms with Gasteiger partial charge in [0, 0.05) is 38.1 Å². The molecule has 1 aliphatic rings. The van der Waals surface area contributed by atoms with Crippen LogP contribution in [0.2, 0.25) is 0 Å². The van der Waals surface area contributed by atoms with Crippen LogP contribution in [-0.2, 0) is 10.0 Å². The molecule has 1 aliphatic heterocycles. The van der Waals surface area contributed by atoms with Crippen LogP contribution in [0.4, 0.5) is 5.69 Å². The number of nitrogens with zero attached hydrogens (tertiary/aromatic N) is 6. The predicted octanol–water partition coefficient (Wildman–Crippen LogP) is 0.112. The predicted molar refractivity (Wildman–Crippen MR) is 94.1 cm³/mol. The molecule has 11 heteroatoms. The number of nitriles is 1. The summed E-state index contributed by atoms with van der Waals surface area (Å²) in [5.41, 5.74) is 0.711. The summed E-state index contributed by atoms with van der Waals surface area (Å²) in [4.78, 5) is 2.30. The van der Waals surface area contributed by atoms with Gasteiger partial charge >= 0.3 is 0 Å². The summed E-state index contributed by atoms with van der Waals surface area (Å²) in [6, 6.07) is 8.42. The second-order valence-electron chi connectivity index (χ2n) is 5.78. The van der Waals surface area contributed by atoms with Crippen LogP contribution in [0.5, 0.6) is 0 Å². The number of allylic oxidation sites excluding steroid dienone is 1. The summed E-state index contributed by atoms with van der Waals surface area (Å²) < 4.78 is 27.1. The number of benzene rings is 1. The van der Waals surface area contributed by atoms with E-state index in [2.05, 4.69) is 30.8 Å². The number of anilines is 1. The molecule has 0 radical (unpaired) electrons. The Morgan fingerprint density at radius 3 is 2.77 bits per heavy atom. The van der Waals surface area contributed by atoms with Crippen molar-refractivity contribution in [3.63, 3.8) is 0 Å². The van der Waals surface area contributed by atoms with Gasteiger partial charge in [-0.05, 0) is 30.5 Å². The van der Waals surface area contributed by atoms with Crippen molar-refractivity contribution in [1.82, 2.24) is 29.8 Å². The molecule has 136 valence electrons. The first-order chi connectivity index (χ1) is 12.5. The Balaban J connectivity index is 1.79. The summed E-state index contributed by atoms with van der Waals surface area (Å²) in [5.74, 6) is 0.154. The van der Waals surface area contributed by atoms with Gasteiger partial charge in [-0.15, -0.1) is 10.2 Å². The van der Waals surface area contributed by atoms with Crippen molar-refractivity contribution < 1.29 is 8.42 Å². The molecule has 2 aromatic rings. The third-order valence-corrected chi connectivity index (χ3v) is 5.92. The molecule has 1 aromatic carbocycles. The zero-order chi connectivity index (χ0) is 18.6. The number of tetrazole rings is 1. The highest BCUT2D eigenvalue weighted by molar-refractivity contribution is 7.89. The van der Waals surface area contributed by atoms with Crippen molar-refractivity contribution in [1.29, 1.82) is 5.26 Å². The summed E-state index contributed by atoms with van der Waals surface area (Å²) in [6.45, 7) is 2.34. The summed E-state index contributed by atoms with van der Waals surface area (Å²) in [7, 11) is -1.58. The molecule has 3 rings (SSSR count). The fourth-order valence-electron chi connectivity index (χ4n) is 2.50. The Hall–Kier alpha value is -2.81. The van der Waals surface area contributed by atoms with E-state index in [4.69, 9.17) is 5.26 Å². The maximum atomic E-state index is 12.8. The van der Waals surface area contributed by atoms with Crippen molar-refractivity contribution in [2.45, 2.75) is 4.90 Å². The number of nitrogens with one attached hydrogen (secondary N) is 2. The number of hydrogen-bond donors (Lipinski definition) is 2. The first-order valence-electron chi connectivity index (χ1n) is 7.90. The SMILES string of the molecule is CN1CCN(S(=O)(=O)c2cccc(NC=C(C#N)c3nn[nH]n3)c2)CC1. The standard InChI is InChI=1S/C15H18N8O2S/c1-22-5-7-23(8-6-22)26(24,25)14-4-2-3-13(9-14)17-11-12(10-16)15-18-20-21-19-15/h2-4,9,11,17H,5-8H2,1H3,(H,18,19,20,21). The van der Waals surface area contributed by atoms with Gasteiger partial charge in [-0.3, -0.25) is 0 Å². The number of likely N-dealkylation sites (N-methyl/N-ethyl adjacent to an activating group) is 1. The minimum absolute atomic E-state index is 0.154. The first kappa shape index (κ1) is 18.0. The van der Waals surface area contributed by atoms with Gasteiger partial charge in [-0.1, -0.05) is 6.07 Å². The van der Waals surface area contributed by atoms with E-state index in [9.17, 15) is 8.42 Å². The molecule has 0 saturated carbocycles.